The lowest BCUT2D eigenvalue weighted by atomic mass is 9.95. The Balaban J connectivity index is 0.00000180. The first-order chi connectivity index (χ1) is 8.49. The van der Waals surface area contributed by atoms with Gasteiger partial charge in [0, 0.05) is 15.1 Å². The predicted molar refractivity (Wildman–Crippen MR) is 85.8 cm³/mol. The van der Waals surface area contributed by atoms with Crippen LogP contribution in [-0.4, -0.2) is 17.7 Å². The van der Waals surface area contributed by atoms with Crippen molar-refractivity contribution in [1.82, 2.24) is 5.32 Å². The molecule has 0 saturated heterocycles. The number of rotatable bonds is 2. The third kappa shape index (κ3) is 3.88. The number of nitrogens with one attached hydrogen (secondary N) is 1. The third-order valence-corrected chi connectivity index (χ3v) is 4.96. The normalized spacial score (nSPS) is 22.9. The Kier molecular flexibility index (Phi) is 6.17. The molecule has 6 heteroatoms. The van der Waals surface area contributed by atoms with Crippen LogP contribution in [0.4, 0.5) is 0 Å². The number of benzene rings is 1. The molecule has 106 valence electrons. The third-order valence-electron chi connectivity index (χ3n) is 3.09. The van der Waals surface area contributed by atoms with E-state index in [0.717, 1.165) is 10.2 Å². The van der Waals surface area contributed by atoms with Gasteiger partial charge in [0.2, 0.25) is 5.91 Å². The number of fused-ring (bicyclic) bond motifs is 1. The van der Waals surface area contributed by atoms with Gasteiger partial charge in [0.05, 0.1) is 12.1 Å². The van der Waals surface area contributed by atoms with Crippen LogP contribution in [0.2, 0.25) is 0 Å². The Morgan fingerprint density at radius 3 is 2.89 bits per heavy atom. The van der Waals surface area contributed by atoms with Crippen molar-refractivity contribution in [3.63, 3.8) is 0 Å². The van der Waals surface area contributed by atoms with Gasteiger partial charge in [-0.15, -0.1) is 24.2 Å². The highest BCUT2D eigenvalue weighted by Crippen LogP contribution is 2.40. The Morgan fingerprint density at radius 2 is 2.26 bits per heavy atom. The highest BCUT2D eigenvalue weighted by atomic mass is 79.9. The van der Waals surface area contributed by atoms with Gasteiger partial charge < -0.3 is 11.1 Å². The van der Waals surface area contributed by atoms with Gasteiger partial charge in [-0.1, -0.05) is 22.9 Å². The smallest absolute Gasteiger partial charge is 0.237 e. The molecule has 0 aliphatic carbocycles. The molecule has 3 N–H and O–H groups in total. The molecule has 3 nitrogen and oxygen atoms in total. The summed E-state index contributed by atoms with van der Waals surface area (Å²) in [5, 5.41) is 3.05. The summed E-state index contributed by atoms with van der Waals surface area (Å²) >= 11 is 5.33. The van der Waals surface area contributed by atoms with Crippen molar-refractivity contribution < 1.29 is 4.79 Å². The Bertz CT molecular complexity index is 470. The topological polar surface area (TPSA) is 55.1 Å². The molecule has 2 rings (SSSR count). The number of nitrogens with two attached hydrogens (primary N) is 1. The number of carbonyl (C=O) groups excluding carboxylic acids is 1. The molecule has 2 unspecified atom stereocenters. The van der Waals surface area contributed by atoms with E-state index < -0.39 is 6.04 Å². The Labute approximate surface area is 132 Å². The molecule has 1 aromatic rings. The summed E-state index contributed by atoms with van der Waals surface area (Å²) in [6.45, 7) is 3.86. The zero-order chi connectivity index (χ0) is 13.3. The molecule has 0 radical (unpaired) electrons. The number of hydrogen-bond acceptors (Lipinski definition) is 3. The van der Waals surface area contributed by atoms with Crippen molar-refractivity contribution in [3.8, 4) is 0 Å². The number of hydrogen-bond donors (Lipinski definition) is 2. The van der Waals surface area contributed by atoms with Crippen molar-refractivity contribution >= 4 is 46.0 Å². The van der Waals surface area contributed by atoms with Crippen LogP contribution in [0.25, 0.3) is 0 Å². The molecule has 0 bridgehead atoms. The lowest BCUT2D eigenvalue weighted by Crippen LogP contribution is -2.43. The van der Waals surface area contributed by atoms with Gasteiger partial charge in [0.15, 0.2) is 0 Å². The molecule has 0 aromatic heterocycles. The molecule has 0 saturated carbocycles. The van der Waals surface area contributed by atoms with E-state index in [1.807, 2.05) is 17.8 Å². The van der Waals surface area contributed by atoms with Crippen LogP contribution in [0.5, 0.6) is 0 Å². The summed E-state index contributed by atoms with van der Waals surface area (Å²) in [6.07, 6.45) is 0. The summed E-state index contributed by atoms with van der Waals surface area (Å²) < 4.78 is 1.04. The van der Waals surface area contributed by atoms with E-state index in [9.17, 15) is 4.79 Å². The zero-order valence-electron chi connectivity index (χ0n) is 10.9. The summed E-state index contributed by atoms with van der Waals surface area (Å²) in [7, 11) is 0. The SMILES string of the molecule is CC1CSc2ccc(Br)cc2C1NC(=O)[C@@H](C)N.Cl. The number of amides is 1. The molecule has 1 aromatic carbocycles. The van der Waals surface area contributed by atoms with Gasteiger partial charge >= 0.3 is 0 Å². The van der Waals surface area contributed by atoms with E-state index in [-0.39, 0.29) is 24.4 Å². The highest BCUT2D eigenvalue weighted by molar-refractivity contribution is 9.10. The molecule has 1 aliphatic rings. The van der Waals surface area contributed by atoms with Crippen LogP contribution in [0.15, 0.2) is 27.6 Å². The van der Waals surface area contributed by atoms with Crippen LogP contribution in [0.3, 0.4) is 0 Å². The summed E-state index contributed by atoms with van der Waals surface area (Å²) in [5.41, 5.74) is 6.80. The monoisotopic (exact) mass is 364 g/mol. The van der Waals surface area contributed by atoms with Crippen LogP contribution in [0.1, 0.15) is 25.5 Å². The minimum Gasteiger partial charge on any atom is -0.348 e. The molecule has 19 heavy (non-hydrogen) atoms. The van der Waals surface area contributed by atoms with E-state index in [1.165, 1.54) is 10.5 Å². The highest BCUT2D eigenvalue weighted by Gasteiger charge is 2.29. The fourth-order valence-corrected chi connectivity index (χ4v) is 3.55. The van der Waals surface area contributed by atoms with E-state index in [2.05, 4.69) is 40.3 Å². The fourth-order valence-electron chi connectivity index (χ4n) is 2.02. The Morgan fingerprint density at radius 1 is 1.58 bits per heavy atom. The maximum atomic E-state index is 11.8. The van der Waals surface area contributed by atoms with Gasteiger partial charge in [-0.25, -0.2) is 0 Å². The van der Waals surface area contributed by atoms with Crippen molar-refractivity contribution in [2.24, 2.45) is 11.7 Å². The second-order valence-electron chi connectivity index (χ2n) is 4.75. The summed E-state index contributed by atoms with van der Waals surface area (Å²) in [5.74, 6) is 1.32. The van der Waals surface area contributed by atoms with Crippen molar-refractivity contribution in [2.45, 2.75) is 30.8 Å². The van der Waals surface area contributed by atoms with Crippen molar-refractivity contribution in [2.75, 3.05) is 5.75 Å². The van der Waals surface area contributed by atoms with Crippen LogP contribution in [-0.2, 0) is 4.79 Å². The standard InChI is InChI=1S/C13H17BrN2OS.ClH/c1-7-6-18-11-4-3-9(14)5-10(11)12(7)16-13(17)8(2)15;/h3-5,7-8,12H,6,15H2,1-2H3,(H,16,17);1H/t7?,8-,12?;/m1./s1. The summed E-state index contributed by atoms with van der Waals surface area (Å²) in [6, 6.07) is 5.80. The quantitative estimate of drug-likeness (QED) is 0.846. The first-order valence-corrected chi connectivity index (χ1v) is 7.75. The van der Waals surface area contributed by atoms with E-state index in [0.29, 0.717) is 5.92 Å². The average Bonchev–Trinajstić information content (AvgIpc) is 2.32. The number of carbonyl (C=O) groups is 1. The first-order valence-electron chi connectivity index (χ1n) is 5.97. The zero-order valence-corrected chi connectivity index (χ0v) is 14.1. The minimum atomic E-state index is -0.470. The molecule has 1 aliphatic heterocycles. The second-order valence-corrected chi connectivity index (χ2v) is 6.72. The number of halogens is 2. The molecule has 0 spiro atoms. The largest absolute Gasteiger partial charge is 0.348 e. The molecule has 3 atom stereocenters. The first kappa shape index (κ1) is 16.8. The van der Waals surface area contributed by atoms with Crippen LogP contribution < -0.4 is 11.1 Å². The van der Waals surface area contributed by atoms with E-state index in [4.69, 9.17) is 5.73 Å². The van der Waals surface area contributed by atoms with Crippen molar-refractivity contribution in [3.05, 3.63) is 28.2 Å². The lowest BCUT2D eigenvalue weighted by Gasteiger charge is -2.32. The van der Waals surface area contributed by atoms with E-state index in [1.54, 1.807) is 6.92 Å². The molecule has 1 amide bonds. The van der Waals surface area contributed by atoms with Gasteiger partial charge in [-0.2, -0.15) is 0 Å². The molecule has 1 heterocycles. The fraction of sp³-hybridized carbons (Fsp3) is 0.462. The second kappa shape index (κ2) is 6.97. The predicted octanol–water partition coefficient (Wildman–Crippen LogP) is 3.12. The van der Waals surface area contributed by atoms with Crippen LogP contribution >= 0.6 is 40.1 Å². The lowest BCUT2D eigenvalue weighted by molar-refractivity contribution is -0.123. The van der Waals surface area contributed by atoms with Gasteiger partial charge in [0.1, 0.15) is 0 Å². The van der Waals surface area contributed by atoms with Crippen molar-refractivity contribution in [1.29, 1.82) is 0 Å². The molecule has 0 fully saturated rings. The van der Waals surface area contributed by atoms with Gasteiger partial charge in [0.25, 0.3) is 0 Å². The average molecular weight is 366 g/mol. The van der Waals surface area contributed by atoms with Crippen LogP contribution in [0, 0.1) is 5.92 Å². The number of thioether (sulfide) groups is 1. The maximum Gasteiger partial charge on any atom is 0.237 e. The van der Waals surface area contributed by atoms with Gasteiger partial charge in [-0.3, -0.25) is 4.79 Å². The molecular formula is C13H18BrClN2OS. The maximum absolute atomic E-state index is 11.8. The summed E-state index contributed by atoms with van der Waals surface area (Å²) in [4.78, 5) is 13.0. The van der Waals surface area contributed by atoms with E-state index >= 15 is 0 Å². The Hall–Kier alpha value is -0.230. The minimum absolute atomic E-state index is 0. The molecular weight excluding hydrogens is 348 g/mol. The van der Waals surface area contributed by atoms with Gasteiger partial charge in [-0.05, 0) is 36.6 Å².